The number of rotatable bonds is 6. The minimum Gasteiger partial charge on any atom is -0.511 e. The van der Waals surface area contributed by atoms with Crippen LogP contribution in [-0.2, 0) is 9.53 Å². The van der Waals surface area contributed by atoms with Gasteiger partial charge < -0.3 is 20.3 Å². The molecule has 2 fully saturated rings. The first-order chi connectivity index (χ1) is 22.1. The average Bonchev–Trinajstić information content (AvgIpc) is 3.87. The summed E-state index contributed by atoms with van der Waals surface area (Å²) in [5, 5.41) is 26.8. The Bertz CT molecular complexity index is 1800. The number of esters is 1. The standard InChI is InChI=1S/C38H44N4O4/c1-7-23-18(2)26-17-31-34(38(45)22-10-8-9-11-22)20(4)28(40-31)15-27-19(3)24(12-13-33(44)46-6)36(41-27)25-14-32(43)35-21(5)29(42-37(25)35)16-30(23)39-26/h15-17,19,22,24,38,41,43,45H,7-14H2,1-6H3/t19-,24-,38?/m0/s1. The number of allylic oxidation sites excluding steroid dienone is 11. The highest BCUT2D eigenvalue weighted by Crippen LogP contribution is 2.47. The Morgan fingerprint density at radius 2 is 1.74 bits per heavy atom. The topological polar surface area (TPSA) is 116 Å². The maximum Gasteiger partial charge on any atom is 0.305 e. The lowest BCUT2D eigenvalue weighted by Gasteiger charge is -2.21. The maximum absolute atomic E-state index is 12.3. The van der Waals surface area contributed by atoms with Crippen molar-refractivity contribution < 1.29 is 19.7 Å². The summed E-state index contributed by atoms with van der Waals surface area (Å²) in [6, 6.07) is 0. The Morgan fingerprint density at radius 3 is 2.46 bits per heavy atom. The predicted molar refractivity (Wildman–Crippen MR) is 181 cm³/mol. The molecule has 7 aliphatic rings. The van der Waals surface area contributed by atoms with Crippen LogP contribution in [-0.4, -0.2) is 46.5 Å². The summed E-state index contributed by atoms with van der Waals surface area (Å²) in [5.41, 5.74) is 13.8. The van der Waals surface area contributed by atoms with Gasteiger partial charge in [0.25, 0.3) is 0 Å². The predicted octanol–water partition coefficient (Wildman–Crippen LogP) is 7.16. The molecule has 0 aromatic carbocycles. The van der Waals surface area contributed by atoms with Crippen LogP contribution >= 0.6 is 0 Å². The van der Waals surface area contributed by atoms with E-state index in [1.807, 2.05) is 13.0 Å². The molecule has 5 aliphatic heterocycles. The number of fused-ring (bicyclic) bond motifs is 5. The monoisotopic (exact) mass is 620 g/mol. The van der Waals surface area contributed by atoms with E-state index < -0.39 is 6.10 Å². The van der Waals surface area contributed by atoms with Crippen molar-refractivity contribution >= 4 is 23.1 Å². The van der Waals surface area contributed by atoms with Crippen LogP contribution in [0.25, 0.3) is 0 Å². The highest BCUT2D eigenvalue weighted by Gasteiger charge is 2.42. The molecule has 0 aromatic rings. The van der Waals surface area contributed by atoms with Crippen molar-refractivity contribution in [2.75, 3.05) is 7.11 Å². The molecular formula is C38H44N4O4. The van der Waals surface area contributed by atoms with Gasteiger partial charge in [-0.3, -0.25) is 4.79 Å². The van der Waals surface area contributed by atoms with Crippen molar-refractivity contribution in [3.8, 4) is 0 Å². The van der Waals surface area contributed by atoms with E-state index in [0.29, 0.717) is 25.0 Å². The second-order valence-corrected chi connectivity index (χ2v) is 13.6. The van der Waals surface area contributed by atoms with Gasteiger partial charge in [0.05, 0.1) is 47.4 Å². The van der Waals surface area contributed by atoms with Gasteiger partial charge in [-0.2, -0.15) is 0 Å². The number of hydrogen-bond acceptors (Lipinski definition) is 8. The lowest BCUT2D eigenvalue weighted by Crippen LogP contribution is -2.22. The molecule has 1 unspecified atom stereocenters. The number of ether oxygens (including phenoxy) is 1. The van der Waals surface area contributed by atoms with Gasteiger partial charge in [0.15, 0.2) is 0 Å². The van der Waals surface area contributed by atoms with Crippen molar-refractivity contribution in [3.05, 3.63) is 91.5 Å². The summed E-state index contributed by atoms with van der Waals surface area (Å²) < 4.78 is 5.01. The molecule has 8 heteroatoms. The van der Waals surface area contributed by atoms with Gasteiger partial charge >= 0.3 is 5.97 Å². The third-order valence-corrected chi connectivity index (χ3v) is 11.1. The summed E-state index contributed by atoms with van der Waals surface area (Å²) in [6.45, 7) is 10.5. The Morgan fingerprint density at radius 1 is 1.02 bits per heavy atom. The van der Waals surface area contributed by atoms with E-state index in [-0.39, 0.29) is 23.7 Å². The van der Waals surface area contributed by atoms with E-state index >= 15 is 0 Å². The smallest absolute Gasteiger partial charge is 0.305 e. The number of aliphatic imine (C=N–C) groups is 3. The minimum atomic E-state index is -0.591. The first-order valence-electron chi connectivity index (χ1n) is 16.8. The van der Waals surface area contributed by atoms with Gasteiger partial charge in [0.2, 0.25) is 0 Å². The molecule has 1 saturated carbocycles. The number of nitrogens with one attached hydrogen (secondary N) is 1. The van der Waals surface area contributed by atoms with Gasteiger partial charge in [-0.15, -0.1) is 0 Å². The van der Waals surface area contributed by atoms with E-state index in [2.05, 4.69) is 45.2 Å². The molecule has 2 aliphatic carbocycles. The Balaban J connectivity index is 1.44. The number of nitrogens with zero attached hydrogens (tertiary/aromatic N) is 3. The molecule has 8 nitrogen and oxygen atoms in total. The zero-order chi connectivity index (χ0) is 32.4. The number of carbonyl (C=O) groups is 1. The molecule has 0 radical (unpaired) electrons. The molecule has 1 saturated heterocycles. The van der Waals surface area contributed by atoms with E-state index in [0.717, 1.165) is 117 Å². The molecule has 3 atom stereocenters. The summed E-state index contributed by atoms with van der Waals surface area (Å²) in [5.74, 6) is 0.350. The lowest BCUT2D eigenvalue weighted by molar-refractivity contribution is -0.140. The Kier molecular flexibility index (Phi) is 7.74. The fraction of sp³-hybridized carbons (Fsp3) is 0.474. The number of carbonyl (C=O) groups excluding carboxylic acids is 1. The third-order valence-electron chi connectivity index (χ3n) is 11.1. The maximum atomic E-state index is 12.3. The largest absolute Gasteiger partial charge is 0.511 e. The number of aliphatic hydroxyl groups excluding tert-OH is 2. The first kappa shape index (κ1) is 30.6. The van der Waals surface area contributed by atoms with Crippen LogP contribution in [0.3, 0.4) is 0 Å². The van der Waals surface area contributed by atoms with Crippen LogP contribution < -0.4 is 5.32 Å². The Labute approximate surface area is 271 Å². The van der Waals surface area contributed by atoms with Crippen LogP contribution in [0.15, 0.2) is 106 Å². The highest BCUT2D eigenvalue weighted by atomic mass is 16.5. The van der Waals surface area contributed by atoms with Gasteiger partial charge in [0.1, 0.15) is 5.76 Å². The number of aliphatic hydroxyl groups is 2. The fourth-order valence-corrected chi connectivity index (χ4v) is 8.38. The zero-order valence-corrected chi connectivity index (χ0v) is 27.8. The van der Waals surface area contributed by atoms with E-state index in [1.165, 1.54) is 7.11 Å². The number of methoxy groups -OCH3 is 1. The van der Waals surface area contributed by atoms with Crippen molar-refractivity contribution in [3.63, 3.8) is 0 Å². The average molecular weight is 621 g/mol. The quantitative estimate of drug-likeness (QED) is 0.273. The van der Waals surface area contributed by atoms with Crippen molar-refractivity contribution in [1.82, 2.24) is 5.32 Å². The second-order valence-electron chi connectivity index (χ2n) is 13.6. The third kappa shape index (κ3) is 4.84. The van der Waals surface area contributed by atoms with Crippen LogP contribution in [0.4, 0.5) is 0 Å². The second kappa shape index (κ2) is 11.6. The minimum absolute atomic E-state index is 0.00251. The van der Waals surface area contributed by atoms with Crippen LogP contribution in [0.5, 0.6) is 0 Å². The van der Waals surface area contributed by atoms with E-state index in [4.69, 9.17) is 19.7 Å². The SMILES string of the molecule is CCC1=C(C)C2=NC1=CC1=C(C)C3=C(O)CC(=C4NC(=CC5=NC(=C2)C(C(O)C2CCCC2)=C5C)[C@@H](C)[C@@H]4CCC(=O)OC)C3=N1. The molecule has 0 aromatic heterocycles. The van der Waals surface area contributed by atoms with Crippen molar-refractivity contribution in [2.45, 2.75) is 92.1 Å². The fourth-order valence-electron chi connectivity index (χ4n) is 8.38. The molecular weight excluding hydrogens is 576 g/mol. The number of hydrogen-bond donors (Lipinski definition) is 3. The van der Waals surface area contributed by atoms with E-state index in [1.54, 1.807) is 0 Å². The molecule has 3 N–H and O–H groups in total. The molecule has 46 heavy (non-hydrogen) atoms. The van der Waals surface area contributed by atoms with E-state index in [9.17, 15) is 15.0 Å². The zero-order valence-electron chi connectivity index (χ0n) is 27.8. The lowest BCUT2D eigenvalue weighted by atomic mass is 9.86. The highest BCUT2D eigenvalue weighted by molar-refractivity contribution is 6.21. The molecule has 7 rings (SSSR count). The summed E-state index contributed by atoms with van der Waals surface area (Å²) in [4.78, 5) is 27.7. The summed E-state index contributed by atoms with van der Waals surface area (Å²) in [7, 11) is 1.42. The molecule has 8 bridgehead atoms. The van der Waals surface area contributed by atoms with Gasteiger partial charge in [-0.25, -0.2) is 15.0 Å². The molecule has 240 valence electrons. The van der Waals surface area contributed by atoms with Gasteiger partial charge in [-0.1, -0.05) is 26.7 Å². The summed E-state index contributed by atoms with van der Waals surface area (Å²) in [6.07, 6.45) is 12.0. The molecule has 5 heterocycles. The summed E-state index contributed by atoms with van der Waals surface area (Å²) >= 11 is 0. The first-order valence-corrected chi connectivity index (χ1v) is 16.8. The molecule has 0 spiro atoms. The Hall–Kier alpha value is -4.04. The molecule has 0 amide bonds. The van der Waals surface area contributed by atoms with Gasteiger partial charge in [0, 0.05) is 52.8 Å². The normalized spacial score (nSPS) is 26.5. The van der Waals surface area contributed by atoms with Crippen LogP contribution in [0.2, 0.25) is 0 Å². The van der Waals surface area contributed by atoms with Crippen LogP contribution in [0.1, 0.15) is 86.0 Å². The van der Waals surface area contributed by atoms with Crippen LogP contribution in [0, 0.1) is 17.8 Å². The van der Waals surface area contributed by atoms with Gasteiger partial charge in [-0.05, 0) is 92.9 Å². The van der Waals surface area contributed by atoms with Crippen molar-refractivity contribution in [1.29, 1.82) is 0 Å². The van der Waals surface area contributed by atoms with Crippen molar-refractivity contribution in [2.24, 2.45) is 32.7 Å².